The van der Waals surface area contributed by atoms with Gasteiger partial charge in [-0.15, -0.1) is 6.58 Å². The summed E-state index contributed by atoms with van der Waals surface area (Å²) in [5.74, 6) is -1.66. The number of cyclic esters (lactones) is 1. The lowest BCUT2D eigenvalue weighted by molar-refractivity contribution is -0.344. The lowest BCUT2D eigenvalue weighted by atomic mass is 9.81. The zero-order chi connectivity index (χ0) is 46.6. The smallest absolute Gasteiger partial charge is 0.309 e. The second-order valence-electron chi connectivity index (χ2n) is 19.0. The third kappa shape index (κ3) is 15.6. The second kappa shape index (κ2) is 24.7. The Morgan fingerprint density at radius 3 is 2.24 bits per heavy atom. The summed E-state index contributed by atoms with van der Waals surface area (Å²) in [6, 6.07) is -0.686. The van der Waals surface area contributed by atoms with Crippen molar-refractivity contribution in [2.45, 2.75) is 179 Å². The molecule has 0 aromatic rings. The highest BCUT2D eigenvalue weighted by molar-refractivity contribution is 5.72. The fraction of sp³-hybridized carbons (Fsp3) is 0.848. The van der Waals surface area contributed by atoms with E-state index in [4.69, 9.17) is 37.9 Å². The Labute approximate surface area is 371 Å². The van der Waals surface area contributed by atoms with Crippen LogP contribution in [0.1, 0.15) is 93.9 Å². The minimum absolute atomic E-state index is 0.00397. The number of nitrogens with zero attached hydrogens (tertiary/aromatic N) is 3. The van der Waals surface area contributed by atoms with E-state index in [1.165, 1.54) is 14.0 Å². The van der Waals surface area contributed by atoms with Crippen molar-refractivity contribution in [2.75, 3.05) is 55.4 Å². The average Bonchev–Trinajstić information content (AvgIpc) is 3.13. The normalized spacial score (nSPS) is 38.4. The van der Waals surface area contributed by atoms with Crippen LogP contribution in [0, 0.1) is 17.8 Å². The summed E-state index contributed by atoms with van der Waals surface area (Å²) in [5.41, 5.74) is -1.47. The van der Waals surface area contributed by atoms with Gasteiger partial charge in [0, 0.05) is 45.9 Å². The van der Waals surface area contributed by atoms with Gasteiger partial charge in [-0.1, -0.05) is 39.0 Å². The Balaban J connectivity index is 2.06. The Morgan fingerprint density at radius 2 is 1.68 bits per heavy atom. The highest BCUT2D eigenvalue weighted by atomic mass is 16.7. The number of methoxy groups -OCH3 is 1. The minimum atomic E-state index is -1.47. The molecule has 0 amide bonds. The fourth-order valence-corrected chi connectivity index (χ4v) is 9.27. The summed E-state index contributed by atoms with van der Waals surface area (Å²) in [6.07, 6.45) is -2.15. The zero-order valence-electron chi connectivity index (χ0n) is 40.1. The van der Waals surface area contributed by atoms with Crippen molar-refractivity contribution in [2.24, 2.45) is 17.8 Å². The number of ether oxygens (including phenoxy) is 8. The van der Waals surface area contributed by atoms with Crippen LogP contribution in [0.5, 0.6) is 0 Å². The molecule has 16 nitrogen and oxygen atoms in total. The summed E-state index contributed by atoms with van der Waals surface area (Å²) in [7, 11) is 11.2. The molecule has 62 heavy (non-hydrogen) atoms. The Kier molecular flexibility index (Phi) is 21.4. The molecule has 3 aliphatic heterocycles. The molecule has 0 radical (unpaired) electrons. The van der Waals surface area contributed by atoms with E-state index in [0.717, 1.165) is 0 Å². The van der Waals surface area contributed by atoms with Gasteiger partial charge in [0.1, 0.15) is 36.1 Å². The molecule has 3 rings (SSSR count). The number of hydrogen-bond acceptors (Lipinski definition) is 16. The van der Waals surface area contributed by atoms with Crippen molar-refractivity contribution in [1.29, 1.82) is 0 Å². The van der Waals surface area contributed by atoms with Crippen molar-refractivity contribution >= 4 is 17.9 Å². The van der Waals surface area contributed by atoms with E-state index in [0.29, 0.717) is 32.4 Å². The first-order chi connectivity index (χ1) is 29.0. The van der Waals surface area contributed by atoms with E-state index in [2.05, 4.69) is 29.4 Å². The second-order valence-corrected chi connectivity index (χ2v) is 19.0. The molecule has 3 heterocycles. The van der Waals surface area contributed by atoms with Gasteiger partial charge in [-0.2, -0.15) is 0 Å². The summed E-state index contributed by atoms with van der Waals surface area (Å²) < 4.78 is 50.0. The van der Waals surface area contributed by atoms with Crippen molar-refractivity contribution < 1.29 is 62.5 Å². The zero-order valence-corrected chi connectivity index (χ0v) is 40.1. The van der Waals surface area contributed by atoms with Gasteiger partial charge in [0.15, 0.2) is 18.7 Å². The van der Waals surface area contributed by atoms with Gasteiger partial charge >= 0.3 is 17.9 Å². The lowest BCUT2D eigenvalue weighted by Gasteiger charge is -2.50. The van der Waals surface area contributed by atoms with Crippen LogP contribution in [0.25, 0.3) is 0 Å². The molecular weight excluding hydrogens is 803 g/mol. The Morgan fingerprint density at radius 1 is 1.00 bits per heavy atom. The van der Waals surface area contributed by atoms with Crippen LogP contribution in [0.4, 0.5) is 0 Å². The van der Waals surface area contributed by atoms with Gasteiger partial charge in [-0.05, 0) is 100 Å². The molecule has 2 fully saturated rings. The first-order valence-electron chi connectivity index (χ1n) is 22.4. The van der Waals surface area contributed by atoms with Gasteiger partial charge in [-0.3, -0.25) is 14.4 Å². The molecule has 0 aliphatic carbocycles. The summed E-state index contributed by atoms with van der Waals surface area (Å²) in [4.78, 5) is 44.9. The molecule has 3 aliphatic rings. The van der Waals surface area contributed by atoms with Crippen LogP contribution >= 0.6 is 0 Å². The number of carbonyl (C=O) groups is 3. The van der Waals surface area contributed by atoms with Gasteiger partial charge in [0.25, 0.3) is 0 Å². The van der Waals surface area contributed by atoms with Crippen LogP contribution in [-0.2, 0) is 52.3 Å². The molecule has 2 saturated heterocycles. The number of carbonyl (C=O) groups excluding carboxylic acids is 3. The molecule has 0 saturated carbocycles. The van der Waals surface area contributed by atoms with Crippen LogP contribution in [0.3, 0.4) is 0 Å². The van der Waals surface area contributed by atoms with Crippen molar-refractivity contribution in [3.05, 3.63) is 24.8 Å². The molecule has 0 bridgehead atoms. The van der Waals surface area contributed by atoms with Gasteiger partial charge in [0.05, 0.1) is 30.8 Å². The third-order valence-corrected chi connectivity index (χ3v) is 12.2. The van der Waals surface area contributed by atoms with E-state index in [1.807, 2.05) is 80.0 Å². The largest absolute Gasteiger partial charge is 0.462 e. The molecule has 2 N–H and O–H groups in total. The standard InChI is InChI=1S/C46H81N3O13/c1-16-21-49(14)22-20-33-24-28(4)34(47(10)11)19-17-18-29(5)56-37(52)25-35(59-32(8)50)43(55-15)42(33)62-45-40(53)39(48(12)13)41(30(6)58-45)61-38-26-46(9,54)44(31(7)57-38)60-36(51)23-27(2)3/h16-17,19,27-31,33-35,38-45,53-54H,1,18,20-26H2,2-15H3/b19-17+/t28-,29-,30-,31+,33+,34+,35-,38+,39-,40-,41?,42+,43+,44+,45+,46-/m1/s1. The van der Waals surface area contributed by atoms with E-state index in [9.17, 15) is 24.6 Å². The molecule has 16 heteroatoms. The first kappa shape index (κ1) is 53.8. The van der Waals surface area contributed by atoms with Crippen LogP contribution in [0.2, 0.25) is 0 Å². The van der Waals surface area contributed by atoms with Gasteiger partial charge in [0.2, 0.25) is 0 Å². The number of rotatable bonds is 16. The van der Waals surface area contributed by atoms with Crippen LogP contribution in [0.15, 0.2) is 24.8 Å². The fourth-order valence-electron chi connectivity index (χ4n) is 9.27. The SMILES string of the molecule is C=CCN(C)CC[C@H]1C[C@@H](C)[C@@H](N(C)C)/C=C/C[C@@H](C)OC(=O)C[C@@H](OC(C)=O)[C@H](OC)[C@H]1O[C@@H]1O[C@H](C)C(O[C@H]2C[C@@](C)(O)[C@@H](OC(=O)CC(C)C)[C@H](C)O2)[C@H](N(C)C)[C@H]1O. The molecule has 0 aromatic heterocycles. The number of likely N-dealkylation sites (N-methyl/N-ethyl adjacent to an activating group) is 3. The molecule has 0 spiro atoms. The summed E-state index contributed by atoms with van der Waals surface area (Å²) in [6.45, 7) is 19.5. The predicted octanol–water partition coefficient (Wildman–Crippen LogP) is 3.95. The van der Waals surface area contributed by atoms with E-state index < -0.39 is 97.1 Å². The highest BCUT2D eigenvalue weighted by Gasteiger charge is 2.53. The Hall–Kier alpha value is -2.51. The topological polar surface area (TPSA) is 175 Å². The maximum atomic E-state index is 13.5. The molecular formula is C46H81N3O13. The molecule has 1 unspecified atom stereocenters. The number of hydrogen-bond donors (Lipinski definition) is 2. The maximum absolute atomic E-state index is 13.5. The van der Waals surface area contributed by atoms with E-state index in [1.54, 1.807) is 13.8 Å². The number of esters is 3. The Bertz CT molecular complexity index is 1440. The maximum Gasteiger partial charge on any atom is 0.309 e. The van der Waals surface area contributed by atoms with Gasteiger partial charge < -0.3 is 62.8 Å². The monoisotopic (exact) mass is 884 g/mol. The average molecular weight is 884 g/mol. The van der Waals surface area contributed by atoms with Crippen molar-refractivity contribution in [3.8, 4) is 0 Å². The van der Waals surface area contributed by atoms with Crippen molar-refractivity contribution in [1.82, 2.24) is 14.7 Å². The number of aliphatic hydroxyl groups excluding tert-OH is 1. The van der Waals surface area contributed by atoms with Crippen molar-refractivity contribution in [3.63, 3.8) is 0 Å². The molecule has 358 valence electrons. The lowest BCUT2D eigenvalue weighted by Crippen LogP contribution is -2.66. The first-order valence-corrected chi connectivity index (χ1v) is 22.4. The van der Waals surface area contributed by atoms with E-state index in [-0.39, 0.29) is 43.1 Å². The van der Waals surface area contributed by atoms with Crippen LogP contribution < -0.4 is 0 Å². The minimum Gasteiger partial charge on any atom is -0.462 e. The summed E-state index contributed by atoms with van der Waals surface area (Å²) >= 11 is 0. The van der Waals surface area contributed by atoms with Crippen LogP contribution in [-0.4, -0.2) is 183 Å². The van der Waals surface area contributed by atoms with Gasteiger partial charge in [-0.25, -0.2) is 0 Å². The quantitative estimate of drug-likeness (QED) is 0.129. The summed E-state index contributed by atoms with van der Waals surface area (Å²) in [5, 5.41) is 23.9. The number of aliphatic hydroxyl groups is 2. The molecule has 0 aromatic carbocycles. The third-order valence-electron chi connectivity index (χ3n) is 12.2. The van der Waals surface area contributed by atoms with E-state index >= 15 is 0 Å². The highest BCUT2D eigenvalue weighted by Crippen LogP contribution is 2.38. The predicted molar refractivity (Wildman–Crippen MR) is 234 cm³/mol. The molecule has 16 atom stereocenters.